The third-order valence-corrected chi connectivity index (χ3v) is 6.87. The van der Waals surface area contributed by atoms with Crippen LogP contribution in [0.1, 0.15) is 20.4 Å². The van der Waals surface area contributed by atoms with Crippen LogP contribution in [0.5, 0.6) is 0 Å². The third-order valence-electron chi connectivity index (χ3n) is 4.76. The zero-order valence-corrected chi connectivity index (χ0v) is 18.8. The van der Waals surface area contributed by atoms with Gasteiger partial charge in [-0.2, -0.15) is 5.10 Å². The van der Waals surface area contributed by atoms with Crippen molar-refractivity contribution < 1.29 is 4.79 Å². The second-order valence-corrected chi connectivity index (χ2v) is 8.97. The molecule has 0 atom stereocenters. The van der Waals surface area contributed by atoms with Gasteiger partial charge in [0.1, 0.15) is 9.88 Å². The molecule has 0 radical (unpaired) electrons. The lowest BCUT2D eigenvalue weighted by molar-refractivity contribution is 0.104. The number of thiazole rings is 1. The molecule has 0 fully saturated rings. The lowest BCUT2D eigenvalue weighted by atomic mass is 10.2. The molecule has 2 heterocycles. The van der Waals surface area contributed by atoms with E-state index in [-0.39, 0.29) is 5.78 Å². The van der Waals surface area contributed by atoms with Crippen LogP contribution in [0, 0.1) is 6.92 Å². The molecule has 0 bridgehead atoms. The normalized spacial score (nSPS) is 11.6. The van der Waals surface area contributed by atoms with Crippen LogP contribution in [0.4, 0.5) is 5.69 Å². The Hall–Kier alpha value is -3.68. The zero-order valence-electron chi connectivity index (χ0n) is 17.2. The Balaban J connectivity index is 1.60. The summed E-state index contributed by atoms with van der Waals surface area (Å²) >= 11 is 2.68. The van der Waals surface area contributed by atoms with Gasteiger partial charge in [0.15, 0.2) is 5.01 Å². The zero-order chi connectivity index (χ0) is 21.9. The summed E-state index contributed by atoms with van der Waals surface area (Å²) in [5.41, 5.74) is 3.36. The van der Waals surface area contributed by atoms with Crippen LogP contribution in [-0.4, -0.2) is 20.5 Å². The minimum absolute atomic E-state index is 0.133. The van der Waals surface area contributed by atoms with Gasteiger partial charge < -0.3 is 0 Å². The summed E-state index contributed by atoms with van der Waals surface area (Å²) in [4.78, 5) is 24.0. The molecule has 0 N–H and O–H groups in total. The number of rotatable bonds is 5. The van der Waals surface area contributed by atoms with Gasteiger partial charge in [-0.05, 0) is 31.2 Å². The molecule has 5 rings (SSSR count). The van der Waals surface area contributed by atoms with Crippen LogP contribution in [0.25, 0.3) is 16.3 Å². The number of carbonyl (C=O) groups excluding carboxylic acids is 1. The minimum atomic E-state index is -0.133. The van der Waals surface area contributed by atoms with E-state index in [1.165, 1.54) is 22.7 Å². The van der Waals surface area contributed by atoms with E-state index in [9.17, 15) is 4.79 Å². The van der Waals surface area contributed by atoms with Crippen LogP contribution < -0.4 is 4.80 Å². The number of carbonyl (C=O) groups is 1. The highest BCUT2D eigenvalue weighted by Crippen LogP contribution is 2.29. The summed E-state index contributed by atoms with van der Waals surface area (Å²) in [6.07, 6.45) is 0. The molecule has 5 aromatic rings. The lowest BCUT2D eigenvalue weighted by Gasteiger charge is -2.00. The third kappa shape index (κ3) is 4.08. The number of para-hydroxylation sites is 2. The maximum Gasteiger partial charge on any atom is 0.235 e. The smallest absolute Gasteiger partial charge is 0.235 e. The number of nitrogens with zero attached hydrogens (tertiary/aromatic N) is 4. The molecular weight excluding hydrogens is 436 g/mol. The molecule has 0 saturated carbocycles. The van der Waals surface area contributed by atoms with Crippen LogP contribution in [0.2, 0.25) is 0 Å². The van der Waals surface area contributed by atoms with Crippen molar-refractivity contribution in [1.29, 1.82) is 0 Å². The monoisotopic (exact) mass is 454 g/mol. The average molecular weight is 455 g/mol. The molecule has 0 saturated heterocycles. The largest absolute Gasteiger partial charge is 0.285 e. The van der Waals surface area contributed by atoms with Gasteiger partial charge in [-0.3, -0.25) is 4.79 Å². The van der Waals surface area contributed by atoms with Crippen molar-refractivity contribution in [2.75, 3.05) is 0 Å². The first-order valence-corrected chi connectivity index (χ1v) is 11.7. The van der Waals surface area contributed by atoms with E-state index in [4.69, 9.17) is 4.99 Å². The number of aromatic nitrogens is 3. The Morgan fingerprint density at radius 1 is 0.844 bits per heavy atom. The fourth-order valence-electron chi connectivity index (χ4n) is 3.20. The second-order valence-electron chi connectivity index (χ2n) is 7.01. The maximum atomic E-state index is 13.4. The molecule has 0 aliphatic rings. The van der Waals surface area contributed by atoms with Crippen LogP contribution in [0.3, 0.4) is 0 Å². The molecule has 0 amide bonds. The number of ketones is 1. The lowest BCUT2D eigenvalue weighted by Crippen LogP contribution is -2.14. The van der Waals surface area contributed by atoms with Crippen molar-refractivity contribution in [3.8, 4) is 16.3 Å². The van der Waals surface area contributed by atoms with Gasteiger partial charge in [-0.25, -0.2) is 14.7 Å². The Kier molecular flexibility index (Phi) is 5.58. The molecule has 0 unspecified atom stereocenters. The van der Waals surface area contributed by atoms with E-state index >= 15 is 0 Å². The molecule has 156 valence electrons. The molecule has 3 aromatic carbocycles. The fourth-order valence-corrected chi connectivity index (χ4v) is 5.16. The van der Waals surface area contributed by atoms with Crippen LogP contribution in [0.15, 0.2) is 96.0 Å². The number of benzene rings is 3. The SMILES string of the molecule is Cc1nc(-c2ccccc2)sc1C(=O)c1nn(-c2ccccc2)c(=Nc2ccccc2)s1. The van der Waals surface area contributed by atoms with Crippen LogP contribution >= 0.6 is 22.7 Å². The number of aryl methyl sites for hydroxylation is 1. The van der Waals surface area contributed by atoms with E-state index in [2.05, 4.69) is 10.1 Å². The summed E-state index contributed by atoms with van der Waals surface area (Å²) in [5, 5.41) is 5.86. The molecule has 5 nitrogen and oxygen atoms in total. The molecule has 0 aliphatic carbocycles. The number of hydrogen-bond acceptors (Lipinski definition) is 6. The highest BCUT2D eigenvalue weighted by atomic mass is 32.1. The first-order chi connectivity index (χ1) is 15.7. The van der Waals surface area contributed by atoms with Gasteiger partial charge in [0, 0.05) is 5.56 Å². The first-order valence-electron chi connectivity index (χ1n) is 10.0. The van der Waals surface area contributed by atoms with Crippen molar-refractivity contribution in [2.45, 2.75) is 6.92 Å². The Morgan fingerprint density at radius 3 is 2.16 bits per heavy atom. The Morgan fingerprint density at radius 2 is 1.47 bits per heavy atom. The molecule has 0 aliphatic heterocycles. The summed E-state index contributed by atoms with van der Waals surface area (Å²) in [7, 11) is 0. The molecule has 32 heavy (non-hydrogen) atoms. The van der Waals surface area contributed by atoms with Crippen molar-refractivity contribution >= 4 is 34.1 Å². The first kappa shape index (κ1) is 20.2. The molecular formula is C25H18N4OS2. The highest BCUT2D eigenvalue weighted by Gasteiger charge is 2.22. The van der Waals surface area contributed by atoms with Gasteiger partial charge in [0.2, 0.25) is 10.6 Å². The predicted octanol–water partition coefficient (Wildman–Crippen LogP) is 5.83. The molecule has 2 aromatic heterocycles. The van der Waals surface area contributed by atoms with E-state index in [0.29, 0.717) is 20.4 Å². The molecule has 0 spiro atoms. The van der Waals surface area contributed by atoms with E-state index < -0.39 is 0 Å². The fraction of sp³-hybridized carbons (Fsp3) is 0.0400. The van der Waals surface area contributed by atoms with Gasteiger partial charge in [0.25, 0.3) is 0 Å². The van der Waals surface area contributed by atoms with Gasteiger partial charge >= 0.3 is 0 Å². The van der Waals surface area contributed by atoms with Crippen molar-refractivity contribution in [1.82, 2.24) is 14.8 Å². The van der Waals surface area contributed by atoms with Crippen molar-refractivity contribution in [3.63, 3.8) is 0 Å². The van der Waals surface area contributed by atoms with Gasteiger partial charge in [-0.15, -0.1) is 11.3 Å². The van der Waals surface area contributed by atoms with Gasteiger partial charge in [-0.1, -0.05) is 78.1 Å². The summed E-state index contributed by atoms with van der Waals surface area (Å²) in [6, 6.07) is 29.3. The topological polar surface area (TPSA) is 60.1 Å². The van der Waals surface area contributed by atoms with E-state index in [1.54, 1.807) is 4.68 Å². The maximum absolute atomic E-state index is 13.4. The molecule has 7 heteroatoms. The highest BCUT2D eigenvalue weighted by molar-refractivity contribution is 7.18. The summed E-state index contributed by atoms with van der Waals surface area (Å²) < 4.78 is 1.72. The Bertz CT molecular complexity index is 1440. The van der Waals surface area contributed by atoms with Crippen molar-refractivity contribution in [3.05, 3.63) is 111 Å². The summed E-state index contributed by atoms with van der Waals surface area (Å²) in [5.74, 6) is -0.133. The quantitative estimate of drug-likeness (QED) is 0.314. The summed E-state index contributed by atoms with van der Waals surface area (Å²) in [6.45, 7) is 1.87. The van der Waals surface area contributed by atoms with Crippen LogP contribution in [-0.2, 0) is 0 Å². The van der Waals surface area contributed by atoms with Gasteiger partial charge in [0.05, 0.1) is 17.1 Å². The van der Waals surface area contributed by atoms with E-state index in [1.807, 2.05) is 97.9 Å². The van der Waals surface area contributed by atoms with Crippen molar-refractivity contribution in [2.24, 2.45) is 4.99 Å². The predicted molar refractivity (Wildman–Crippen MR) is 129 cm³/mol. The minimum Gasteiger partial charge on any atom is -0.285 e. The second kappa shape index (κ2) is 8.82. The van der Waals surface area contributed by atoms with E-state index in [0.717, 1.165) is 21.9 Å². The number of hydrogen-bond donors (Lipinski definition) is 0. The Labute approximate surface area is 193 Å². The average Bonchev–Trinajstić information content (AvgIpc) is 3.44. The standard InChI is InChI=1S/C25H18N4OS2/c1-17-22(31-23(26-17)18-11-5-2-6-12-18)21(30)24-28-29(20-15-9-4-10-16-20)25(32-24)27-19-13-7-3-8-14-19/h2-16H,1H3.